The molecule has 0 radical (unpaired) electrons. The SMILES string of the molecule is CC[C@@]1(O)C(=O)CCc2c1cc1n(c2=O)Cc2cc3c(CN(C)C)c(OC(=O)CCCNCc4ccc(/C=C/C(=O)CO)cc4)ccc3nc2-1. The van der Waals surface area contributed by atoms with Crippen LogP contribution >= 0.6 is 0 Å². The van der Waals surface area contributed by atoms with E-state index in [1.54, 1.807) is 29.7 Å². The van der Waals surface area contributed by atoms with Crippen molar-refractivity contribution in [1.29, 1.82) is 0 Å². The zero-order chi connectivity index (χ0) is 35.6. The summed E-state index contributed by atoms with van der Waals surface area (Å²) < 4.78 is 7.59. The molecular formula is C39H42N4O7. The van der Waals surface area contributed by atoms with Crippen molar-refractivity contribution in [3.05, 3.63) is 98.3 Å². The van der Waals surface area contributed by atoms with Gasteiger partial charge in [0.1, 0.15) is 18.0 Å². The molecule has 1 aliphatic carbocycles. The summed E-state index contributed by atoms with van der Waals surface area (Å²) >= 11 is 0. The minimum atomic E-state index is -1.67. The van der Waals surface area contributed by atoms with Gasteiger partial charge in [-0.25, -0.2) is 4.98 Å². The van der Waals surface area contributed by atoms with Gasteiger partial charge in [-0.05, 0) is 81.4 Å². The van der Waals surface area contributed by atoms with Crippen molar-refractivity contribution in [2.75, 3.05) is 27.2 Å². The Hall–Kier alpha value is -4.81. The number of aliphatic hydroxyl groups is 2. The molecule has 11 heteroatoms. The third kappa shape index (κ3) is 6.95. The second-order valence-electron chi connectivity index (χ2n) is 13.2. The number of carbonyl (C=O) groups excluding carboxylic acids is 3. The van der Waals surface area contributed by atoms with Gasteiger partial charge in [-0.3, -0.25) is 19.2 Å². The number of fused-ring (bicyclic) bond motifs is 5. The molecule has 0 saturated heterocycles. The summed E-state index contributed by atoms with van der Waals surface area (Å²) in [7, 11) is 3.88. The van der Waals surface area contributed by atoms with Gasteiger partial charge in [0, 0.05) is 53.6 Å². The number of aliphatic hydroxyl groups excluding tert-OH is 1. The van der Waals surface area contributed by atoms with Crippen molar-refractivity contribution in [2.24, 2.45) is 0 Å². The number of benzene rings is 2. The van der Waals surface area contributed by atoms with Crippen molar-refractivity contribution in [3.8, 4) is 17.1 Å². The molecule has 2 aliphatic rings. The third-order valence-electron chi connectivity index (χ3n) is 9.50. The summed E-state index contributed by atoms with van der Waals surface area (Å²) in [5.74, 6) is -0.479. The average molecular weight is 679 g/mol. The fourth-order valence-electron chi connectivity index (χ4n) is 6.80. The maximum Gasteiger partial charge on any atom is 0.311 e. The summed E-state index contributed by atoms with van der Waals surface area (Å²) in [5.41, 5.74) is 4.53. The lowest BCUT2D eigenvalue weighted by molar-refractivity contribution is -0.140. The van der Waals surface area contributed by atoms with E-state index in [4.69, 9.17) is 14.8 Å². The number of rotatable bonds is 13. The first kappa shape index (κ1) is 35.0. The summed E-state index contributed by atoms with van der Waals surface area (Å²) in [6, 6.07) is 15.1. The molecule has 2 aromatic carbocycles. The van der Waals surface area contributed by atoms with Crippen LogP contribution in [-0.4, -0.2) is 69.4 Å². The highest BCUT2D eigenvalue weighted by molar-refractivity contribution is 5.94. The molecule has 4 aromatic rings. The van der Waals surface area contributed by atoms with Crippen LogP contribution in [-0.2, 0) is 46.0 Å². The number of ketones is 2. The molecule has 50 heavy (non-hydrogen) atoms. The zero-order valence-electron chi connectivity index (χ0n) is 28.6. The first-order valence-corrected chi connectivity index (χ1v) is 17.0. The number of nitrogens with zero attached hydrogens (tertiary/aromatic N) is 3. The Balaban J connectivity index is 1.15. The quantitative estimate of drug-likeness (QED) is 0.0729. The molecule has 0 bridgehead atoms. The predicted octanol–water partition coefficient (Wildman–Crippen LogP) is 3.65. The van der Waals surface area contributed by atoms with E-state index in [1.165, 1.54) is 6.08 Å². The summed E-state index contributed by atoms with van der Waals surface area (Å²) in [6.45, 7) is 3.31. The third-order valence-corrected chi connectivity index (χ3v) is 9.50. The molecule has 3 N–H and O–H groups in total. The van der Waals surface area contributed by atoms with Crippen LogP contribution in [0.3, 0.4) is 0 Å². The van der Waals surface area contributed by atoms with Gasteiger partial charge in [0.25, 0.3) is 5.56 Å². The number of ether oxygens (including phenoxy) is 1. The van der Waals surface area contributed by atoms with Gasteiger partial charge in [0.2, 0.25) is 0 Å². The van der Waals surface area contributed by atoms with Gasteiger partial charge in [0.05, 0.1) is 23.4 Å². The van der Waals surface area contributed by atoms with Crippen LogP contribution in [0.5, 0.6) is 5.75 Å². The van der Waals surface area contributed by atoms with Crippen molar-refractivity contribution < 1.29 is 29.3 Å². The molecule has 0 unspecified atom stereocenters. The van der Waals surface area contributed by atoms with E-state index in [-0.39, 0.29) is 42.4 Å². The monoisotopic (exact) mass is 678 g/mol. The van der Waals surface area contributed by atoms with Gasteiger partial charge in [-0.1, -0.05) is 37.3 Å². The number of esters is 1. The topological polar surface area (TPSA) is 151 Å². The minimum Gasteiger partial charge on any atom is -0.426 e. The van der Waals surface area contributed by atoms with Crippen molar-refractivity contribution >= 4 is 34.5 Å². The summed E-state index contributed by atoms with van der Waals surface area (Å²) in [5, 5.41) is 24.3. The lowest BCUT2D eigenvalue weighted by Crippen LogP contribution is -2.43. The maximum atomic E-state index is 13.7. The summed E-state index contributed by atoms with van der Waals surface area (Å²) in [4.78, 5) is 57.6. The van der Waals surface area contributed by atoms with Crippen LogP contribution in [0.4, 0.5) is 0 Å². The fourth-order valence-corrected chi connectivity index (χ4v) is 6.80. The highest BCUT2D eigenvalue weighted by Gasteiger charge is 2.43. The van der Waals surface area contributed by atoms with E-state index in [0.717, 1.165) is 27.6 Å². The van der Waals surface area contributed by atoms with E-state index in [2.05, 4.69) is 5.32 Å². The molecule has 0 fully saturated rings. The van der Waals surface area contributed by atoms with E-state index in [0.29, 0.717) is 72.8 Å². The van der Waals surface area contributed by atoms with E-state index in [9.17, 15) is 24.3 Å². The average Bonchev–Trinajstić information content (AvgIpc) is 3.47. The molecule has 1 aliphatic heterocycles. The zero-order valence-corrected chi connectivity index (χ0v) is 28.6. The van der Waals surface area contributed by atoms with Crippen LogP contribution in [0.2, 0.25) is 0 Å². The van der Waals surface area contributed by atoms with Crippen LogP contribution in [0.15, 0.2) is 59.4 Å². The van der Waals surface area contributed by atoms with Crippen molar-refractivity contribution in [3.63, 3.8) is 0 Å². The molecule has 260 valence electrons. The fraction of sp³-hybridized carbons (Fsp3) is 0.359. The normalized spacial score (nSPS) is 16.6. The predicted molar refractivity (Wildman–Crippen MR) is 190 cm³/mol. The molecule has 6 rings (SSSR count). The van der Waals surface area contributed by atoms with Crippen LogP contribution in [0.25, 0.3) is 28.4 Å². The standard InChI is InChI=1S/C39H42N4O7/c1-4-39(49)31-19-33-37-26(21-43(33)38(48)28(31)13-16-35(39)46)18-29-30(22-42(2)3)34(15-14-32(29)41-37)50-36(47)6-5-17-40-20-25-9-7-24(8-10-25)11-12-27(45)23-44/h7-12,14-15,18-19,40,44,49H,4-6,13,16-17,20-23H2,1-3H3/b12-11+/t39-/m0/s1. The van der Waals surface area contributed by atoms with E-state index < -0.39 is 12.2 Å². The molecule has 0 saturated carbocycles. The van der Waals surface area contributed by atoms with Crippen molar-refractivity contribution in [2.45, 2.75) is 64.3 Å². The maximum absolute atomic E-state index is 13.7. The lowest BCUT2D eigenvalue weighted by atomic mass is 9.77. The van der Waals surface area contributed by atoms with Gasteiger partial charge < -0.3 is 29.7 Å². The molecule has 11 nitrogen and oxygen atoms in total. The van der Waals surface area contributed by atoms with Gasteiger partial charge in [0.15, 0.2) is 11.6 Å². The Bertz CT molecular complexity index is 2070. The summed E-state index contributed by atoms with van der Waals surface area (Å²) in [6.07, 6.45) is 4.47. The number of pyridine rings is 2. The molecule has 2 aromatic heterocycles. The number of Topliss-reactive ketones (excluding diaryl/α,β-unsaturated/α-hetero) is 1. The smallest absolute Gasteiger partial charge is 0.311 e. The Morgan fingerprint density at radius 2 is 1.88 bits per heavy atom. The van der Waals surface area contributed by atoms with Crippen LogP contribution in [0.1, 0.15) is 66.0 Å². The largest absolute Gasteiger partial charge is 0.426 e. The van der Waals surface area contributed by atoms with Crippen molar-refractivity contribution in [1.82, 2.24) is 19.8 Å². The van der Waals surface area contributed by atoms with Crippen LogP contribution in [0, 0.1) is 0 Å². The Kier molecular flexibility index (Phi) is 10.2. The number of aromatic nitrogens is 2. The lowest BCUT2D eigenvalue weighted by Gasteiger charge is -2.32. The first-order valence-electron chi connectivity index (χ1n) is 17.0. The first-order chi connectivity index (χ1) is 24.0. The number of nitrogens with one attached hydrogen (secondary N) is 1. The molecule has 3 heterocycles. The van der Waals surface area contributed by atoms with Gasteiger partial charge in [-0.15, -0.1) is 0 Å². The highest BCUT2D eigenvalue weighted by Crippen LogP contribution is 2.40. The number of hydrogen-bond acceptors (Lipinski definition) is 10. The molecule has 0 spiro atoms. The van der Waals surface area contributed by atoms with E-state index >= 15 is 0 Å². The van der Waals surface area contributed by atoms with E-state index in [1.807, 2.05) is 55.4 Å². The number of carbonyl (C=O) groups is 3. The molecule has 1 atom stereocenters. The number of hydrogen-bond donors (Lipinski definition) is 3. The second kappa shape index (κ2) is 14.6. The minimum absolute atomic E-state index is 0.138. The molecular weight excluding hydrogens is 636 g/mol. The van der Waals surface area contributed by atoms with Crippen LogP contribution < -0.4 is 15.6 Å². The molecule has 0 amide bonds. The Morgan fingerprint density at radius 3 is 2.60 bits per heavy atom. The van der Waals surface area contributed by atoms with Gasteiger partial charge in [-0.2, -0.15) is 0 Å². The second-order valence-corrected chi connectivity index (χ2v) is 13.2. The van der Waals surface area contributed by atoms with Gasteiger partial charge >= 0.3 is 5.97 Å². The highest BCUT2D eigenvalue weighted by atomic mass is 16.5. The Labute approximate surface area is 290 Å². The Morgan fingerprint density at radius 1 is 1.10 bits per heavy atom.